The number of nitrogens with zero attached hydrogens (tertiary/aromatic N) is 2. The van der Waals surface area contributed by atoms with Crippen LogP contribution in [0.1, 0.15) is 39.7 Å². The Balaban J connectivity index is 2.07. The predicted molar refractivity (Wildman–Crippen MR) is 161 cm³/mol. The Morgan fingerprint density at radius 2 is 1.52 bits per heavy atom. The maximum atomic E-state index is 14.1. The Bertz CT molecular complexity index is 1440. The van der Waals surface area contributed by atoms with E-state index in [9.17, 15) is 18.0 Å². The molecule has 1 N–H and O–H groups in total. The normalized spacial score (nSPS) is 12.5. The molecule has 0 radical (unpaired) electrons. The summed E-state index contributed by atoms with van der Waals surface area (Å²) >= 11 is 18.4. The maximum absolute atomic E-state index is 14.1. The minimum atomic E-state index is -4.16. The van der Waals surface area contributed by atoms with Crippen molar-refractivity contribution < 1.29 is 18.0 Å². The fourth-order valence-electron chi connectivity index (χ4n) is 4.06. The van der Waals surface area contributed by atoms with Crippen LogP contribution in [0.25, 0.3) is 0 Å². The summed E-state index contributed by atoms with van der Waals surface area (Å²) < 4.78 is 28.6. The molecular weight excluding hydrogens is 593 g/mol. The number of carbonyl (C=O) groups is 2. The van der Waals surface area contributed by atoms with Gasteiger partial charge >= 0.3 is 0 Å². The van der Waals surface area contributed by atoms with Crippen LogP contribution < -0.4 is 9.62 Å². The Kier molecular flexibility index (Phi) is 10.5. The molecule has 2 amide bonds. The lowest BCUT2D eigenvalue weighted by Crippen LogP contribution is -2.55. The molecular formula is C29H32Cl3N3O4S. The summed E-state index contributed by atoms with van der Waals surface area (Å²) in [5, 5.41) is 4.00. The van der Waals surface area contributed by atoms with Crippen LogP contribution in [-0.4, -0.2) is 43.3 Å². The van der Waals surface area contributed by atoms with Gasteiger partial charge in [0.05, 0.1) is 20.6 Å². The number of hydrogen-bond acceptors (Lipinski definition) is 4. The maximum Gasteiger partial charge on any atom is 0.264 e. The number of nitrogens with one attached hydrogen (secondary N) is 1. The third kappa shape index (κ3) is 8.13. The second kappa shape index (κ2) is 13.3. The Morgan fingerprint density at radius 1 is 0.900 bits per heavy atom. The lowest BCUT2D eigenvalue weighted by molar-refractivity contribution is -0.141. The van der Waals surface area contributed by atoms with Gasteiger partial charge in [0, 0.05) is 17.1 Å². The van der Waals surface area contributed by atoms with Gasteiger partial charge in [0.15, 0.2) is 0 Å². The molecule has 0 unspecified atom stereocenters. The van der Waals surface area contributed by atoms with Crippen molar-refractivity contribution in [1.82, 2.24) is 10.2 Å². The fraction of sp³-hybridized carbons (Fsp3) is 0.310. The largest absolute Gasteiger partial charge is 0.350 e. The van der Waals surface area contributed by atoms with Crippen molar-refractivity contribution in [2.24, 2.45) is 0 Å². The van der Waals surface area contributed by atoms with Crippen LogP contribution in [0.15, 0.2) is 77.7 Å². The van der Waals surface area contributed by atoms with Crippen molar-refractivity contribution in [2.45, 2.75) is 57.1 Å². The number of sulfonamides is 1. The van der Waals surface area contributed by atoms with Crippen molar-refractivity contribution in [3.63, 3.8) is 0 Å². The Labute approximate surface area is 251 Å². The van der Waals surface area contributed by atoms with Gasteiger partial charge in [-0.2, -0.15) is 0 Å². The summed E-state index contributed by atoms with van der Waals surface area (Å²) in [7, 11) is -4.16. The molecule has 3 aromatic carbocycles. The van der Waals surface area contributed by atoms with E-state index in [1.54, 1.807) is 55.5 Å². The predicted octanol–water partition coefficient (Wildman–Crippen LogP) is 6.56. The first-order valence-corrected chi connectivity index (χ1v) is 15.2. The summed E-state index contributed by atoms with van der Waals surface area (Å²) in [6, 6.07) is 18.1. The van der Waals surface area contributed by atoms with E-state index in [2.05, 4.69) is 5.32 Å². The lowest BCUT2D eigenvalue weighted by atomic mass is 10.1. The molecule has 0 saturated heterocycles. The van der Waals surface area contributed by atoms with Crippen LogP contribution in [-0.2, 0) is 26.2 Å². The molecule has 3 rings (SSSR count). The zero-order valence-corrected chi connectivity index (χ0v) is 25.8. The van der Waals surface area contributed by atoms with Crippen molar-refractivity contribution >= 4 is 62.3 Å². The molecule has 0 fully saturated rings. The van der Waals surface area contributed by atoms with Crippen molar-refractivity contribution in [3.05, 3.63) is 93.4 Å². The number of benzene rings is 3. The van der Waals surface area contributed by atoms with Gasteiger partial charge in [-0.05, 0) is 81.3 Å². The van der Waals surface area contributed by atoms with E-state index in [0.717, 1.165) is 4.31 Å². The topological polar surface area (TPSA) is 86.8 Å². The zero-order valence-electron chi connectivity index (χ0n) is 22.7. The quantitative estimate of drug-likeness (QED) is 0.277. The first kappa shape index (κ1) is 31.7. The number of halogens is 3. The van der Waals surface area contributed by atoms with Gasteiger partial charge in [-0.15, -0.1) is 0 Å². The van der Waals surface area contributed by atoms with Crippen LogP contribution in [0.2, 0.25) is 15.1 Å². The SMILES string of the molecule is CC[C@H](C(=O)NC(C)(C)C)N(Cc1ccc(Cl)c(Cl)c1)C(=O)CN(c1ccc(Cl)cc1)S(=O)(=O)c1ccccc1. The van der Waals surface area contributed by atoms with E-state index >= 15 is 0 Å². The van der Waals surface area contributed by atoms with Crippen LogP contribution in [0.4, 0.5) is 5.69 Å². The molecule has 40 heavy (non-hydrogen) atoms. The highest BCUT2D eigenvalue weighted by Gasteiger charge is 2.34. The van der Waals surface area contributed by atoms with Gasteiger partial charge in [0.1, 0.15) is 12.6 Å². The standard InChI is InChI=1S/C29H32Cl3N3O4S/c1-5-26(28(37)33-29(2,3)4)34(18-20-11-16-24(31)25(32)17-20)27(36)19-35(22-14-12-21(30)13-15-22)40(38,39)23-9-7-6-8-10-23/h6-17,26H,5,18-19H2,1-4H3,(H,33,37)/t26-/m1/s1. The van der Waals surface area contributed by atoms with Gasteiger partial charge < -0.3 is 10.2 Å². The molecule has 0 bridgehead atoms. The highest BCUT2D eigenvalue weighted by molar-refractivity contribution is 7.92. The smallest absolute Gasteiger partial charge is 0.264 e. The highest BCUT2D eigenvalue weighted by atomic mass is 35.5. The molecule has 214 valence electrons. The number of hydrogen-bond donors (Lipinski definition) is 1. The van der Waals surface area contributed by atoms with Crippen LogP contribution in [0.3, 0.4) is 0 Å². The van der Waals surface area contributed by atoms with Gasteiger partial charge in [-0.1, -0.05) is 66.0 Å². The molecule has 0 heterocycles. The second-order valence-corrected chi connectivity index (χ2v) is 13.3. The molecule has 11 heteroatoms. The first-order valence-electron chi connectivity index (χ1n) is 12.6. The molecule has 3 aromatic rings. The molecule has 7 nitrogen and oxygen atoms in total. The van der Waals surface area contributed by atoms with Gasteiger partial charge in [0.2, 0.25) is 11.8 Å². The van der Waals surface area contributed by atoms with E-state index in [-0.39, 0.29) is 23.0 Å². The minimum Gasteiger partial charge on any atom is -0.350 e. The molecule has 0 aliphatic rings. The second-order valence-electron chi connectivity index (χ2n) is 10.2. The number of carbonyl (C=O) groups excluding carboxylic acids is 2. The van der Waals surface area contributed by atoms with Crippen LogP contribution in [0.5, 0.6) is 0 Å². The lowest BCUT2D eigenvalue weighted by Gasteiger charge is -2.34. The fourth-order valence-corrected chi connectivity index (χ4v) is 5.94. The van der Waals surface area contributed by atoms with Crippen LogP contribution >= 0.6 is 34.8 Å². The van der Waals surface area contributed by atoms with E-state index < -0.39 is 34.1 Å². The van der Waals surface area contributed by atoms with Gasteiger partial charge in [0.25, 0.3) is 10.0 Å². The molecule has 0 aliphatic heterocycles. The molecule has 0 spiro atoms. The average Bonchev–Trinajstić information content (AvgIpc) is 2.89. The van der Waals surface area contributed by atoms with Crippen molar-refractivity contribution in [2.75, 3.05) is 10.8 Å². The van der Waals surface area contributed by atoms with Crippen molar-refractivity contribution in [3.8, 4) is 0 Å². The third-order valence-corrected chi connectivity index (χ3v) is 8.72. The highest BCUT2D eigenvalue weighted by Crippen LogP contribution is 2.27. The number of rotatable bonds is 10. The summed E-state index contributed by atoms with van der Waals surface area (Å²) in [5.74, 6) is -0.927. The monoisotopic (exact) mass is 623 g/mol. The average molecular weight is 625 g/mol. The molecule has 1 atom stereocenters. The van der Waals surface area contributed by atoms with Gasteiger partial charge in [-0.25, -0.2) is 8.42 Å². The summed E-state index contributed by atoms with van der Waals surface area (Å²) in [4.78, 5) is 28.8. The van der Waals surface area contributed by atoms with E-state index in [4.69, 9.17) is 34.8 Å². The molecule has 0 aliphatic carbocycles. The molecule has 0 saturated carbocycles. The summed E-state index contributed by atoms with van der Waals surface area (Å²) in [5.41, 5.74) is 0.339. The van der Waals surface area contributed by atoms with E-state index in [0.29, 0.717) is 27.1 Å². The van der Waals surface area contributed by atoms with Crippen molar-refractivity contribution in [1.29, 1.82) is 0 Å². The minimum absolute atomic E-state index is 0.00559. The number of anilines is 1. The van der Waals surface area contributed by atoms with E-state index in [1.807, 2.05) is 20.8 Å². The van der Waals surface area contributed by atoms with Gasteiger partial charge in [-0.3, -0.25) is 13.9 Å². The molecule has 0 aromatic heterocycles. The first-order chi connectivity index (χ1) is 18.7. The third-order valence-electron chi connectivity index (χ3n) is 5.95. The summed E-state index contributed by atoms with van der Waals surface area (Å²) in [6.45, 7) is 6.77. The Morgan fingerprint density at radius 3 is 2.08 bits per heavy atom. The van der Waals surface area contributed by atoms with E-state index in [1.165, 1.54) is 29.2 Å². The Hall–Kier alpha value is -2.78. The summed E-state index contributed by atoms with van der Waals surface area (Å²) in [6.07, 6.45) is 0.293. The zero-order chi connectivity index (χ0) is 29.7. The van der Waals surface area contributed by atoms with Crippen LogP contribution in [0, 0.1) is 0 Å². The number of amides is 2.